The van der Waals surface area contributed by atoms with Gasteiger partial charge in [0.05, 0.1) is 10.9 Å². The first-order valence-corrected chi connectivity index (χ1v) is 11.7. The highest BCUT2D eigenvalue weighted by atomic mass is 32.2. The van der Waals surface area contributed by atoms with Gasteiger partial charge in [0.1, 0.15) is 5.82 Å². The average molecular weight is 394 g/mol. The van der Waals surface area contributed by atoms with E-state index in [0.717, 1.165) is 49.2 Å². The summed E-state index contributed by atoms with van der Waals surface area (Å²) in [4.78, 5) is 20.4. The second-order valence-electron chi connectivity index (χ2n) is 8.63. The van der Waals surface area contributed by atoms with Crippen LogP contribution in [0.25, 0.3) is 0 Å². The first-order valence-electron chi connectivity index (χ1n) is 10.2. The smallest absolute Gasteiger partial charge is 0.254 e. The van der Waals surface area contributed by atoms with E-state index in [9.17, 15) is 13.2 Å². The number of fused-ring (bicyclic) bond motifs is 2. The summed E-state index contributed by atoms with van der Waals surface area (Å²) in [6.45, 7) is 2.09. The molecule has 27 heavy (non-hydrogen) atoms. The number of sulfonamides is 1. The number of ether oxygens (including phenoxy) is 1. The Labute approximate surface area is 159 Å². The Morgan fingerprint density at radius 3 is 2.67 bits per heavy atom. The summed E-state index contributed by atoms with van der Waals surface area (Å²) in [5.74, 6) is 1.19. The Morgan fingerprint density at radius 1 is 1.15 bits per heavy atom. The van der Waals surface area contributed by atoms with Crippen molar-refractivity contribution >= 4 is 10.0 Å². The highest BCUT2D eigenvalue weighted by Gasteiger charge is 2.48. The number of aromatic amines is 1. The zero-order chi connectivity index (χ0) is 18.6. The Hall–Kier alpha value is -1.25. The van der Waals surface area contributed by atoms with Gasteiger partial charge in [-0.2, -0.15) is 0 Å². The van der Waals surface area contributed by atoms with Crippen LogP contribution in [0.15, 0.2) is 4.79 Å². The highest BCUT2D eigenvalue weighted by Crippen LogP contribution is 2.45. The fourth-order valence-corrected chi connectivity index (χ4v) is 7.13. The normalized spacial score (nSPS) is 29.9. The predicted octanol–water partition coefficient (Wildman–Crippen LogP) is 1.44. The monoisotopic (exact) mass is 393 g/mol. The molecule has 0 aromatic carbocycles. The van der Waals surface area contributed by atoms with Gasteiger partial charge in [0.25, 0.3) is 5.56 Å². The van der Waals surface area contributed by atoms with Crippen LogP contribution in [0.5, 0.6) is 0 Å². The Bertz CT molecular complexity index is 902. The number of hydrogen-bond acceptors (Lipinski definition) is 5. The van der Waals surface area contributed by atoms with Gasteiger partial charge >= 0.3 is 0 Å². The van der Waals surface area contributed by atoms with Crippen molar-refractivity contribution in [1.29, 1.82) is 0 Å². The van der Waals surface area contributed by atoms with Gasteiger partial charge in [-0.25, -0.2) is 17.7 Å². The zero-order valence-electron chi connectivity index (χ0n) is 15.6. The van der Waals surface area contributed by atoms with Crippen LogP contribution in [0, 0.1) is 0 Å². The van der Waals surface area contributed by atoms with E-state index < -0.39 is 10.0 Å². The number of piperidine rings is 1. The third-order valence-electron chi connectivity index (χ3n) is 6.85. The largest absolute Gasteiger partial charge is 0.381 e. The minimum atomic E-state index is -3.34. The molecular weight excluding hydrogens is 366 g/mol. The van der Waals surface area contributed by atoms with E-state index in [-0.39, 0.29) is 16.2 Å². The van der Waals surface area contributed by atoms with Crippen LogP contribution in [0.1, 0.15) is 67.9 Å². The van der Waals surface area contributed by atoms with Crippen molar-refractivity contribution in [2.75, 3.05) is 26.3 Å². The van der Waals surface area contributed by atoms with Crippen LogP contribution in [0.3, 0.4) is 0 Å². The second-order valence-corrected chi connectivity index (χ2v) is 10.8. The summed E-state index contributed by atoms with van der Waals surface area (Å²) >= 11 is 0. The summed E-state index contributed by atoms with van der Waals surface area (Å²) in [7, 11) is -3.34. The predicted molar refractivity (Wildman–Crippen MR) is 100 cm³/mol. The van der Waals surface area contributed by atoms with Crippen LogP contribution in [0.2, 0.25) is 0 Å². The second kappa shape index (κ2) is 6.39. The lowest BCUT2D eigenvalue weighted by molar-refractivity contribution is 0.0963. The topological polar surface area (TPSA) is 92.4 Å². The number of H-pyrrole nitrogens is 1. The number of hydrogen-bond donors (Lipinski definition) is 1. The van der Waals surface area contributed by atoms with Crippen molar-refractivity contribution in [2.45, 2.75) is 67.9 Å². The molecule has 2 aliphatic heterocycles. The molecule has 0 bridgehead atoms. The molecule has 5 rings (SSSR count). The van der Waals surface area contributed by atoms with Crippen molar-refractivity contribution in [2.24, 2.45) is 0 Å². The van der Waals surface area contributed by atoms with E-state index in [4.69, 9.17) is 9.72 Å². The van der Waals surface area contributed by atoms with Crippen molar-refractivity contribution in [3.05, 3.63) is 27.4 Å². The van der Waals surface area contributed by atoms with Gasteiger partial charge < -0.3 is 9.72 Å². The minimum Gasteiger partial charge on any atom is -0.381 e. The van der Waals surface area contributed by atoms with Crippen LogP contribution in [-0.2, 0) is 26.6 Å². The molecule has 148 valence electrons. The summed E-state index contributed by atoms with van der Waals surface area (Å²) in [6.07, 6.45) is 6.59. The first kappa shape index (κ1) is 17.8. The minimum absolute atomic E-state index is 0.0109. The molecule has 1 unspecified atom stereocenters. The summed E-state index contributed by atoms with van der Waals surface area (Å²) in [6, 6.07) is 0. The molecule has 1 atom stereocenters. The summed E-state index contributed by atoms with van der Waals surface area (Å²) in [5.41, 5.74) is 1.37. The highest BCUT2D eigenvalue weighted by molar-refractivity contribution is 7.89. The molecule has 1 aromatic rings. The lowest BCUT2D eigenvalue weighted by atomic mass is 9.78. The van der Waals surface area contributed by atoms with Gasteiger partial charge in [-0.05, 0) is 51.4 Å². The van der Waals surface area contributed by atoms with Gasteiger partial charge in [0.2, 0.25) is 10.0 Å². The Kier molecular flexibility index (Phi) is 4.22. The molecule has 0 amide bonds. The summed E-state index contributed by atoms with van der Waals surface area (Å²) < 4.78 is 33.5. The van der Waals surface area contributed by atoms with E-state index in [1.807, 2.05) is 0 Å². The maximum Gasteiger partial charge on any atom is 0.254 e. The van der Waals surface area contributed by atoms with Gasteiger partial charge in [-0.1, -0.05) is 0 Å². The Morgan fingerprint density at radius 2 is 1.93 bits per heavy atom. The van der Waals surface area contributed by atoms with E-state index >= 15 is 0 Å². The van der Waals surface area contributed by atoms with Crippen LogP contribution in [0.4, 0.5) is 0 Å². The molecule has 8 heteroatoms. The SMILES string of the molecule is O=c1[nH]c(C2CC2)nc2c1CCC21CCCN(S(=O)(=O)C2CCOCC2)C1. The molecule has 4 aliphatic rings. The van der Waals surface area contributed by atoms with E-state index in [1.54, 1.807) is 4.31 Å². The van der Waals surface area contributed by atoms with Gasteiger partial charge in [-0.3, -0.25) is 4.79 Å². The number of rotatable bonds is 3. The molecule has 3 heterocycles. The lowest BCUT2D eigenvalue weighted by Crippen LogP contribution is -2.51. The number of nitrogens with zero attached hydrogens (tertiary/aromatic N) is 2. The molecule has 1 aromatic heterocycles. The molecule has 2 aliphatic carbocycles. The van der Waals surface area contributed by atoms with E-state index in [1.165, 1.54) is 0 Å². The Balaban J connectivity index is 1.47. The molecule has 0 radical (unpaired) electrons. The van der Waals surface area contributed by atoms with Crippen LogP contribution in [-0.4, -0.2) is 54.2 Å². The van der Waals surface area contributed by atoms with Crippen LogP contribution < -0.4 is 5.56 Å². The molecule has 7 nitrogen and oxygen atoms in total. The molecule has 3 fully saturated rings. The maximum absolute atomic E-state index is 13.2. The van der Waals surface area contributed by atoms with Crippen molar-refractivity contribution in [3.8, 4) is 0 Å². The molecular formula is C19H27N3O4S. The van der Waals surface area contributed by atoms with Crippen molar-refractivity contribution < 1.29 is 13.2 Å². The van der Waals surface area contributed by atoms with Crippen LogP contribution >= 0.6 is 0 Å². The fraction of sp³-hybridized carbons (Fsp3) is 0.789. The van der Waals surface area contributed by atoms with E-state index in [0.29, 0.717) is 51.5 Å². The molecule has 1 N–H and O–H groups in total. The lowest BCUT2D eigenvalue weighted by Gasteiger charge is -2.41. The quantitative estimate of drug-likeness (QED) is 0.839. The van der Waals surface area contributed by atoms with Gasteiger partial charge in [-0.15, -0.1) is 0 Å². The number of nitrogens with one attached hydrogen (secondary N) is 1. The zero-order valence-corrected chi connectivity index (χ0v) is 16.4. The number of aromatic nitrogens is 2. The van der Waals surface area contributed by atoms with Gasteiger partial charge in [0, 0.05) is 43.2 Å². The molecule has 2 saturated heterocycles. The van der Waals surface area contributed by atoms with Crippen molar-refractivity contribution in [3.63, 3.8) is 0 Å². The molecule has 1 spiro atoms. The molecule has 1 saturated carbocycles. The average Bonchev–Trinajstić information content (AvgIpc) is 3.48. The van der Waals surface area contributed by atoms with E-state index in [2.05, 4.69) is 4.98 Å². The first-order chi connectivity index (χ1) is 13.0. The van der Waals surface area contributed by atoms with Crippen molar-refractivity contribution in [1.82, 2.24) is 14.3 Å². The summed E-state index contributed by atoms with van der Waals surface area (Å²) in [5, 5.41) is -0.337. The fourth-order valence-electron chi connectivity index (χ4n) is 5.11. The van der Waals surface area contributed by atoms with Gasteiger partial charge in [0.15, 0.2) is 0 Å². The third kappa shape index (κ3) is 2.96. The maximum atomic E-state index is 13.2. The third-order valence-corrected chi connectivity index (χ3v) is 9.19. The standard InChI is InChI=1S/C19H27N3O4S/c23-18-15-4-8-19(16(15)20-17(21-18)13-2-3-13)7-1-9-22(12-19)27(24,25)14-5-10-26-11-6-14/h13-14H,1-12H2,(H,20,21,23).